The van der Waals surface area contributed by atoms with Gasteiger partial charge in [0.25, 0.3) is 0 Å². The van der Waals surface area contributed by atoms with Crippen LogP contribution in [0.25, 0.3) is 0 Å². The largest absolute Gasteiger partial charge is 0.472 e. The van der Waals surface area contributed by atoms with Crippen LogP contribution in [0.5, 0.6) is 0 Å². The Labute approximate surface area is 603 Å². The van der Waals surface area contributed by atoms with Crippen LogP contribution < -0.4 is 0 Å². The highest BCUT2D eigenvalue weighted by Crippen LogP contribution is 2.45. The monoisotopic (exact) mass is 1430 g/mol. The van der Waals surface area contributed by atoms with Gasteiger partial charge in [0.1, 0.15) is 19.3 Å². The smallest absolute Gasteiger partial charge is 0.462 e. The topological polar surface area (TPSA) is 237 Å². The third-order valence-electron chi connectivity index (χ3n) is 14.4. The number of rotatable bonds is 67. The number of aliphatic hydroxyl groups is 1. The molecule has 19 heteroatoms. The molecule has 0 aromatic carbocycles. The van der Waals surface area contributed by atoms with Crippen molar-refractivity contribution in [2.45, 2.75) is 264 Å². The van der Waals surface area contributed by atoms with Crippen LogP contribution in [-0.4, -0.2) is 96.7 Å². The average molecular weight is 1440 g/mol. The molecule has 0 aliphatic carbocycles. The number of hydrogen-bond donors (Lipinski definition) is 3. The predicted octanol–water partition coefficient (Wildman–Crippen LogP) is 21.2. The van der Waals surface area contributed by atoms with E-state index in [0.29, 0.717) is 25.7 Å². The van der Waals surface area contributed by atoms with E-state index in [-0.39, 0.29) is 25.7 Å². The first-order chi connectivity index (χ1) is 48.7. The zero-order valence-electron chi connectivity index (χ0n) is 61.3. The molecule has 0 aromatic heterocycles. The summed E-state index contributed by atoms with van der Waals surface area (Å²) in [6.45, 7) is 4.16. The van der Waals surface area contributed by atoms with Crippen LogP contribution >= 0.6 is 15.6 Å². The molecule has 0 rings (SSSR count). The van der Waals surface area contributed by atoms with E-state index < -0.39 is 97.5 Å². The first kappa shape index (κ1) is 94.2. The zero-order chi connectivity index (χ0) is 73.2. The van der Waals surface area contributed by atoms with E-state index in [1.807, 2.05) is 24.3 Å². The Bertz CT molecular complexity index is 2620. The summed E-state index contributed by atoms with van der Waals surface area (Å²) in [7, 11) is -10.0. The van der Waals surface area contributed by atoms with Gasteiger partial charge in [0.2, 0.25) is 0 Å². The van der Waals surface area contributed by atoms with E-state index in [0.717, 1.165) is 167 Å². The SMILES string of the molecule is CC/C=C\C/C=C\C/C=C\C/C=C\C/C=C\CC(=O)OCC(COP(=O)(O)OCC(O)COP(=O)(O)OCC(COC(=O)CCCCCCCCC/C=C\C/C=C\C/C=C\CC)OC(=O)CCCCCCC/C=C\C/C=C\CCC)OC(=O)C/C=C\C/C=C\C/C=C\C/C=C\C/C=C\CC. The molecule has 0 amide bonds. The molecule has 0 aliphatic rings. The molecular weight excluding hydrogens is 1310 g/mol. The number of carbonyl (C=O) groups excluding carboxylic acids is 4. The molecule has 0 saturated heterocycles. The zero-order valence-corrected chi connectivity index (χ0v) is 63.1. The number of ether oxygens (including phenoxy) is 4. The van der Waals surface area contributed by atoms with Gasteiger partial charge in [-0.15, -0.1) is 0 Å². The molecule has 0 fully saturated rings. The fourth-order valence-corrected chi connectivity index (χ4v) is 10.5. The van der Waals surface area contributed by atoms with Crippen LogP contribution in [0.2, 0.25) is 0 Å². The number of esters is 4. The van der Waals surface area contributed by atoms with E-state index in [9.17, 15) is 43.2 Å². The highest BCUT2D eigenvalue weighted by Gasteiger charge is 2.30. The second-order valence-corrected chi connectivity index (χ2v) is 26.7. The molecule has 0 aliphatic heterocycles. The number of phosphoric acid groups is 2. The van der Waals surface area contributed by atoms with Gasteiger partial charge >= 0.3 is 39.5 Å². The maximum atomic E-state index is 13.1. The first-order valence-corrected chi connectivity index (χ1v) is 40.0. The standard InChI is InChI=1S/C81H128O17P2/c1-5-9-13-17-21-25-29-33-36-37-40-43-46-50-54-58-62-66-79(84)92-71-76(97-80(85)67-63-59-55-51-47-41-32-28-24-20-16-12-8-4)73-95-99(87,88)93-69-75(82)70-94-100(89,90)96-74-77(98-81(86)68-64-60-56-52-48-44-39-35-31-27-23-19-15-11-7-3)72-91-78(83)65-61-57-53-49-45-42-38-34-30-26-22-18-14-10-6-2/h9-11,13-16,20-23,25-28,32-36,38-39,45,48-49,52,57,60-61,64,75-77,82H,5-8,12,17-19,24,29-31,37,40-44,46-47,50-51,53-56,58-59,62-63,65-74H2,1-4H3,(H,87,88)(H,89,90)/b13-9-,14-10-,15-11-,20-16-,25-21-,26-22-,27-23-,32-28-,36-33-,38-34-,39-35-,49-45-,52-48-,61-57-,64-60-. The Hall–Kier alpha value is -5.84. The number of hydrogen-bond acceptors (Lipinski definition) is 15. The van der Waals surface area contributed by atoms with Crippen molar-refractivity contribution in [1.29, 1.82) is 0 Å². The minimum Gasteiger partial charge on any atom is -0.462 e. The van der Waals surface area contributed by atoms with Crippen molar-refractivity contribution >= 4 is 39.5 Å². The van der Waals surface area contributed by atoms with Crippen LogP contribution in [0.4, 0.5) is 0 Å². The predicted molar refractivity (Wildman–Crippen MR) is 408 cm³/mol. The molecule has 0 spiro atoms. The molecule has 0 bridgehead atoms. The summed E-state index contributed by atoms with van der Waals surface area (Å²) in [6, 6.07) is 0. The van der Waals surface area contributed by atoms with E-state index in [1.165, 1.54) is 0 Å². The first-order valence-electron chi connectivity index (χ1n) is 37.0. The lowest BCUT2D eigenvalue weighted by atomic mass is 10.1. The highest BCUT2D eigenvalue weighted by atomic mass is 31.2. The summed E-state index contributed by atoms with van der Waals surface area (Å²) in [5.74, 6) is -2.52. The van der Waals surface area contributed by atoms with E-state index in [4.69, 9.17) is 37.0 Å². The van der Waals surface area contributed by atoms with E-state index >= 15 is 0 Å². The second-order valence-electron chi connectivity index (χ2n) is 23.8. The minimum absolute atomic E-state index is 0.0650. The van der Waals surface area contributed by atoms with Crippen LogP contribution in [0.3, 0.4) is 0 Å². The maximum absolute atomic E-state index is 13.1. The van der Waals surface area contributed by atoms with Crippen LogP contribution in [0.1, 0.15) is 246 Å². The van der Waals surface area contributed by atoms with Crippen molar-refractivity contribution in [3.63, 3.8) is 0 Å². The number of unbranched alkanes of at least 4 members (excludes halogenated alkanes) is 13. The van der Waals surface area contributed by atoms with Crippen molar-refractivity contribution in [3.8, 4) is 0 Å². The van der Waals surface area contributed by atoms with Gasteiger partial charge in [-0.05, 0) is 135 Å². The maximum Gasteiger partial charge on any atom is 0.472 e. The number of carbonyl (C=O) groups is 4. The minimum atomic E-state index is -5.03. The Kier molecular flexibility index (Phi) is 67.4. The molecule has 5 atom stereocenters. The molecule has 5 unspecified atom stereocenters. The van der Waals surface area contributed by atoms with Crippen molar-refractivity contribution in [2.75, 3.05) is 39.6 Å². The summed E-state index contributed by atoms with van der Waals surface area (Å²) in [6.07, 6.45) is 85.3. The number of allylic oxidation sites excluding steroid dienone is 28. The molecule has 0 radical (unpaired) electrons. The highest BCUT2D eigenvalue weighted by molar-refractivity contribution is 7.47. The lowest BCUT2D eigenvalue weighted by Crippen LogP contribution is -2.30. The normalized spacial score (nSPS) is 15.0. The molecule has 0 heterocycles. The second kappa shape index (κ2) is 71.6. The van der Waals surface area contributed by atoms with Crippen molar-refractivity contribution in [1.82, 2.24) is 0 Å². The van der Waals surface area contributed by atoms with Gasteiger partial charge < -0.3 is 33.8 Å². The third kappa shape index (κ3) is 70.6. The van der Waals surface area contributed by atoms with Gasteiger partial charge in [-0.25, -0.2) is 9.13 Å². The molecule has 0 aromatic rings. The van der Waals surface area contributed by atoms with Crippen molar-refractivity contribution in [3.05, 3.63) is 182 Å². The van der Waals surface area contributed by atoms with Gasteiger partial charge in [0.15, 0.2) is 12.2 Å². The Morgan fingerprint density at radius 1 is 0.300 bits per heavy atom. The number of phosphoric ester groups is 2. The molecule has 3 N–H and O–H groups in total. The fourth-order valence-electron chi connectivity index (χ4n) is 8.89. The van der Waals surface area contributed by atoms with Gasteiger partial charge in [-0.3, -0.25) is 37.3 Å². The summed E-state index contributed by atoms with van der Waals surface area (Å²) in [5, 5.41) is 10.6. The van der Waals surface area contributed by atoms with Gasteiger partial charge in [-0.1, -0.05) is 268 Å². The quantitative estimate of drug-likeness (QED) is 0.0169. The summed E-state index contributed by atoms with van der Waals surface area (Å²) in [5.41, 5.74) is 0. The molecule has 0 saturated carbocycles. The van der Waals surface area contributed by atoms with E-state index in [2.05, 4.69) is 161 Å². The third-order valence-corrected chi connectivity index (χ3v) is 16.3. The molecular formula is C81H128O17P2. The lowest BCUT2D eigenvalue weighted by molar-refractivity contribution is -0.161. The van der Waals surface area contributed by atoms with E-state index in [1.54, 1.807) is 24.3 Å². The lowest BCUT2D eigenvalue weighted by Gasteiger charge is -2.21. The molecule has 564 valence electrons. The Balaban J connectivity index is 5.51. The van der Waals surface area contributed by atoms with Gasteiger partial charge in [0.05, 0.1) is 39.3 Å². The van der Waals surface area contributed by atoms with Gasteiger partial charge in [0, 0.05) is 12.8 Å². The molecule has 100 heavy (non-hydrogen) atoms. The van der Waals surface area contributed by atoms with Gasteiger partial charge in [-0.2, -0.15) is 0 Å². The van der Waals surface area contributed by atoms with Crippen LogP contribution in [0.15, 0.2) is 182 Å². The van der Waals surface area contributed by atoms with Crippen LogP contribution in [-0.2, 0) is 65.4 Å². The average Bonchev–Trinajstić information content (AvgIpc) is 0.988. The summed E-state index contributed by atoms with van der Waals surface area (Å²) >= 11 is 0. The number of aliphatic hydroxyl groups excluding tert-OH is 1. The Morgan fingerprint density at radius 2 is 0.570 bits per heavy atom. The summed E-state index contributed by atoms with van der Waals surface area (Å²) < 4.78 is 68.1. The molecule has 17 nitrogen and oxygen atoms in total. The van der Waals surface area contributed by atoms with Crippen molar-refractivity contribution in [2.24, 2.45) is 0 Å². The fraction of sp³-hybridized carbons (Fsp3) is 0.580. The summed E-state index contributed by atoms with van der Waals surface area (Å²) in [4.78, 5) is 72.7. The Morgan fingerprint density at radius 3 is 0.930 bits per heavy atom. The van der Waals surface area contributed by atoms with Crippen LogP contribution in [0, 0.1) is 0 Å². The van der Waals surface area contributed by atoms with Crippen molar-refractivity contribution < 1.29 is 80.2 Å².